The third kappa shape index (κ3) is 4.13. The van der Waals surface area contributed by atoms with Crippen molar-refractivity contribution in [3.8, 4) is 11.5 Å². The lowest BCUT2D eigenvalue weighted by Gasteiger charge is -2.15. The predicted molar refractivity (Wildman–Crippen MR) is 86.0 cm³/mol. The first-order chi connectivity index (χ1) is 10.1. The van der Waals surface area contributed by atoms with Crippen molar-refractivity contribution in [2.45, 2.75) is 27.0 Å². The van der Waals surface area contributed by atoms with E-state index in [2.05, 4.69) is 19.1 Å². The van der Waals surface area contributed by atoms with E-state index < -0.39 is 0 Å². The molecule has 2 N–H and O–H groups in total. The summed E-state index contributed by atoms with van der Waals surface area (Å²) in [6.45, 7) is 5.39. The molecular weight excluding hydrogens is 286 g/mol. The standard InChI is InChI=1S/C17H20ClNO2/c1-3-20-16-9-14(10-19)8-15(18)17(16)21-11-13-6-4-5-12(2)7-13/h4-9H,3,10-11,19H2,1-2H3. The number of aryl methyl sites for hydroxylation is 1. The van der Waals surface area contributed by atoms with Gasteiger partial charge < -0.3 is 15.2 Å². The van der Waals surface area contributed by atoms with Crippen molar-refractivity contribution in [3.63, 3.8) is 0 Å². The highest BCUT2D eigenvalue weighted by atomic mass is 35.5. The zero-order valence-electron chi connectivity index (χ0n) is 12.4. The Morgan fingerprint density at radius 1 is 1.10 bits per heavy atom. The Hall–Kier alpha value is -1.71. The summed E-state index contributed by atoms with van der Waals surface area (Å²) in [5.41, 5.74) is 8.88. The van der Waals surface area contributed by atoms with Crippen LogP contribution in [0.1, 0.15) is 23.6 Å². The SMILES string of the molecule is CCOc1cc(CN)cc(Cl)c1OCc1cccc(C)c1. The molecule has 0 fully saturated rings. The summed E-state index contributed by atoms with van der Waals surface area (Å²) >= 11 is 6.29. The minimum Gasteiger partial charge on any atom is -0.490 e. The molecule has 0 spiro atoms. The van der Waals surface area contributed by atoms with Gasteiger partial charge in [0, 0.05) is 6.54 Å². The predicted octanol–water partition coefficient (Wildman–Crippen LogP) is 4.08. The molecule has 0 saturated carbocycles. The zero-order valence-corrected chi connectivity index (χ0v) is 13.1. The van der Waals surface area contributed by atoms with Crippen molar-refractivity contribution in [2.75, 3.05) is 6.61 Å². The lowest BCUT2D eigenvalue weighted by Crippen LogP contribution is -2.03. The monoisotopic (exact) mass is 305 g/mol. The Labute approximate surface area is 130 Å². The van der Waals surface area contributed by atoms with E-state index >= 15 is 0 Å². The molecule has 0 aliphatic carbocycles. The average Bonchev–Trinajstić information content (AvgIpc) is 2.46. The van der Waals surface area contributed by atoms with Crippen molar-refractivity contribution in [2.24, 2.45) is 5.73 Å². The molecule has 0 atom stereocenters. The Balaban J connectivity index is 2.22. The van der Waals surface area contributed by atoms with Crippen LogP contribution < -0.4 is 15.2 Å². The van der Waals surface area contributed by atoms with E-state index in [1.807, 2.05) is 31.2 Å². The van der Waals surface area contributed by atoms with E-state index in [4.69, 9.17) is 26.8 Å². The van der Waals surface area contributed by atoms with Crippen molar-refractivity contribution in [3.05, 3.63) is 58.1 Å². The minimum absolute atomic E-state index is 0.415. The Morgan fingerprint density at radius 3 is 2.57 bits per heavy atom. The first-order valence-electron chi connectivity index (χ1n) is 6.97. The van der Waals surface area contributed by atoms with Crippen LogP contribution in [0.15, 0.2) is 36.4 Å². The smallest absolute Gasteiger partial charge is 0.180 e. The molecular formula is C17H20ClNO2. The molecule has 4 heteroatoms. The molecule has 0 unspecified atom stereocenters. The van der Waals surface area contributed by atoms with Gasteiger partial charge in [-0.1, -0.05) is 41.4 Å². The summed E-state index contributed by atoms with van der Waals surface area (Å²) in [5.74, 6) is 1.20. The van der Waals surface area contributed by atoms with E-state index in [9.17, 15) is 0 Å². The molecule has 0 radical (unpaired) electrons. The van der Waals surface area contributed by atoms with Crippen molar-refractivity contribution in [1.82, 2.24) is 0 Å². The van der Waals surface area contributed by atoms with Gasteiger partial charge in [-0.2, -0.15) is 0 Å². The maximum absolute atomic E-state index is 6.29. The number of rotatable bonds is 6. The summed E-state index contributed by atoms with van der Waals surface area (Å²) in [6.07, 6.45) is 0. The molecule has 3 nitrogen and oxygen atoms in total. The van der Waals surface area contributed by atoms with Gasteiger partial charge in [-0.15, -0.1) is 0 Å². The summed E-state index contributed by atoms with van der Waals surface area (Å²) in [5, 5.41) is 0.522. The molecule has 112 valence electrons. The highest BCUT2D eigenvalue weighted by Crippen LogP contribution is 2.37. The summed E-state index contributed by atoms with van der Waals surface area (Å²) < 4.78 is 11.5. The Bertz CT molecular complexity index is 614. The van der Waals surface area contributed by atoms with Crippen LogP contribution in [0.5, 0.6) is 11.5 Å². The summed E-state index contributed by atoms with van der Waals surface area (Å²) in [7, 11) is 0. The number of nitrogens with two attached hydrogens (primary N) is 1. The third-order valence-electron chi connectivity index (χ3n) is 3.07. The van der Waals surface area contributed by atoms with Crippen molar-refractivity contribution >= 4 is 11.6 Å². The molecule has 2 aromatic rings. The van der Waals surface area contributed by atoms with Crippen LogP contribution in [0.2, 0.25) is 5.02 Å². The maximum Gasteiger partial charge on any atom is 0.180 e. The van der Waals surface area contributed by atoms with Crippen LogP contribution >= 0.6 is 11.6 Å². The highest BCUT2D eigenvalue weighted by molar-refractivity contribution is 6.32. The molecule has 0 aromatic heterocycles. The first-order valence-corrected chi connectivity index (χ1v) is 7.35. The van der Waals surface area contributed by atoms with Crippen LogP contribution in [0.25, 0.3) is 0 Å². The molecule has 0 bridgehead atoms. The van der Waals surface area contributed by atoms with E-state index in [0.29, 0.717) is 36.3 Å². The van der Waals surface area contributed by atoms with E-state index in [0.717, 1.165) is 11.1 Å². The van der Waals surface area contributed by atoms with Gasteiger partial charge in [0.1, 0.15) is 6.61 Å². The fourth-order valence-corrected chi connectivity index (χ4v) is 2.39. The largest absolute Gasteiger partial charge is 0.490 e. The lowest BCUT2D eigenvalue weighted by molar-refractivity contribution is 0.269. The topological polar surface area (TPSA) is 44.5 Å². The third-order valence-corrected chi connectivity index (χ3v) is 3.35. The fourth-order valence-electron chi connectivity index (χ4n) is 2.10. The van der Waals surface area contributed by atoms with Gasteiger partial charge in [0.05, 0.1) is 11.6 Å². The Kier molecular flexibility index (Phi) is 5.48. The number of benzene rings is 2. The molecule has 2 rings (SSSR count). The van der Waals surface area contributed by atoms with Crippen LogP contribution in [-0.4, -0.2) is 6.61 Å². The minimum atomic E-state index is 0.415. The quantitative estimate of drug-likeness (QED) is 0.874. The van der Waals surface area contributed by atoms with E-state index in [1.165, 1.54) is 5.56 Å². The van der Waals surface area contributed by atoms with Gasteiger partial charge in [-0.3, -0.25) is 0 Å². The van der Waals surface area contributed by atoms with E-state index in [-0.39, 0.29) is 0 Å². The van der Waals surface area contributed by atoms with Gasteiger partial charge in [0.25, 0.3) is 0 Å². The Morgan fingerprint density at radius 2 is 1.90 bits per heavy atom. The lowest BCUT2D eigenvalue weighted by atomic mass is 10.1. The molecule has 0 aliphatic rings. The second-order valence-electron chi connectivity index (χ2n) is 4.82. The summed E-state index contributed by atoms with van der Waals surface area (Å²) in [4.78, 5) is 0. The van der Waals surface area contributed by atoms with Gasteiger partial charge in [0.15, 0.2) is 11.5 Å². The molecule has 0 amide bonds. The number of halogens is 1. The highest BCUT2D eigenvalue weighted by Gasteiger charge is 2.12. The van der Waals surface area contributed by atoms with Crippen molar-refractivity contribution < 1.29 is 9.47 Å². The van der Waals surface area contributed by atoms with Gasteiger partial charge in [0.2, 0.25) is 0 Å². The maximum atomic E-state index is 6.29. The second-order valence-corrected chi connectivity index (χ2v) is 5.23. The zero-order chi connectivity index (χ0) is 15.2. The number of hydrogen-bond acceptors (Lipinski definition) is 3. The first kappa shape index (κ1) is 15.7. The average molecular weight is 306 g/mol. The van der Waals surface area contributed by atoms with Gasteiger partial charge >= 0.3 is 0 Å². The molecule has 0 aliphatic heterocycles. The fraction of sp³-hybridized carbons (Fsp3) is 0.294. The second kappa shape index (κ2) is 7.34. The molecule has 2 aromatic carbocycles. The number of ether oxygens (including phenoxy) is 2. The van der Waals surface area contributed by atoms with Crippen LogP contribution in [0.4, 0.5) is 0 Å². The van der Waals surface area contributed by atoms with Crippen molar-refractivity contribution in [1.29, 1.82) is 0 Å². The van der Waals surface area contributed by atoms with Crippen LogP contribution in [0, 0.1) is 6.92 Å². The van der Waals surface area contributed by atoms with Crippen LogP contribution in [-0.2, 0) is 13.2 Å². The van der Waals surface area contributed by atoms with Gasteiger partial charge in [-0.05, 0) is 37.1 Å². The van der Waals surface area contributed by atoms with E-state index in [1.54, 1.807) is 0 Å². The van der Waals surface area contributed by atoms with Gasteiger partial charge in [-0.25, -0.2) is 0 Å². The normalized spacial score (nSPS) is 10.5. The number of hydrogen-bond donors (Lipinski definition) is 1. The molecule has 0 saturated heterocycles. The molecule has 0 heterocycles. The summed E-state index contributed by atoms with van der Waals surface area (Å²) in [6, 6.07) is 11.9. The molecule has 21 heavy (non-hydrogen) atoms. The van der Waals surface area contributed by atoms with Crippen LogP contribution in [0.3, 0.4) is 0 Å².